The van der Waals surface area contributed by atoms with Crippen LogP contribution in [-0.4, -0.2) is 31.4 Å². The van der Waals surface area contributed by atoms with Crippen LogP contribution in [0.25, 0.3) is 0 Å². The highest BCUT2D eigenvalue weighted by Crippen LogP contribution is 2.23. The summed E-state index contributed by atoms with van der Waals surface area (Å²) in [6.45, 7) is 7.63. The second-order valence-corrected chi connectivity index (χ2v) is 8.14. The lowest BCUT2D eigenvalue weighted by Gasteiger charge is -2.21. The average Bonchev–Trinajstić information content (AvgIpc) is 2.83. The molecule has 1 heterocycles. The van der Waals surface area contributed by atoms with E-state index in [2.05, 4.69) is 19.2 Å². The van der Waals surface area contributed by atoms with Crippen LogP contribution in [-0.2, 0) is 22.3 Å². The smallest absolute Gasteiger partial charge is 0.218 e. The third kappa shape index (κ3) is 4.53. The zero-order valence-electron chi connectivity index (χ0n) is 13.2. The van der Waals surface area contributed by atoms with E-state index < -0.39 is 10.0 Å². The van der Waals surface area contributed by atoms with E-state index in [9.17, 15) is 8.42 Å². The summed E-state index contributed by atoms with van der Waals surface area (Å²) in [5.41, 5.74) is 2.00. The van der Waals surface area contributed by atoms with Crippen LogP contribution < -0.4 is 5.32 Å². The first-order valence-corrected chi connectivity index (χ1v) is 9.30. The van der Waals surface area contributed by atoms with Gasteiger partial charge in [-0.2, -0.15) is 4.31 Å². The summed E-state index contributed by atoms with van der Waals surface area (Å²) in [4.78, 5) is 0. The van der Waals surface area contributed by atoms with Crippen LogP contribution in [0.5, 0.6) is 0 Å². The first-order chi connectivity index (χ1) is 9.88. The van der Waals surface area contributed by atoms with Crippen molar-refractivity contribution in [2.75, 3.05) is 6.54 Å². The molecule has 1 aromatic carbocycles. The predicted molar refractivity (Wildman–Crippen MR) is 86.4 cm³/mol. The molecule has 2 rings (SSSR count). The van der Waals surface area contributed by atoms with Crippen molar-refractivity contribution in [1.82, 2.24) is 9.62 Å². The maximum atomic E-state index is 12.5. The lowest BCUT2D eigenvalue weighted by molar-refractivity contribution is 0.407. The lowest BCUT2D eigenvalue weighted by Crippen LogP contribution is -2.34. The van der Waals surface area contributed by atoms with Crippen LogP contribution in [0.3, 0.4) is 0 Å². The van der Waals surface area contributed by atoms with Crippen LogP contribution in [0.1, 0.15) is 44.7 Å². The van der Waals surface area contributed by atoms with E-state index >= 15 is 0 Å². The van der Waals surface area contributed by atoms with E-state index in [1.165, 1.54) is 0 Å². The van der Waals surface area contributed by atoms with Gasteiger partial charge in [0.25, 0.3) is 0 Å². The van der Waals surface area contributed by atoms with Crippen molar-refractivity contribution in [2.24, 2.45) is 0 Å². The Bertz CT molecular complexity index is 569. The molecule has 1 aliphatic rings. The molecule has 1 aliphatic heterocycles. The number of sulfonamides is 1. The quantitative estimate of drug-likeness (QED) is 0.878. The van der Waals surface area contributed by atoms with Crippen molar-refractivity contribution in [3.8, 4) is 0 Å². The van der Waals surface area contributed by atoms with Crippen LogP contribution in [0.15, 0.2) is 24.3 Å². The zero-order chi connectivity index (χ0) is 15.5. The Balaban J connectivity index is 2.06. The Labute approximate surface area is 128 Å². The van der Waals surface area contributed by atoms with E-state index in [1.807, 2.05) is 31.2 Å². The summed E-state index contributed by atoms with van der Waals surface area (Å²) in [7, 11) is -3.20. The lowest BCUT2D eigenvalue weighted by atomic mass is 10.1. The van der Waals surface area contributed by atoms with Gasteiger partial charge in [-0.05, 0) is 30.9 Å². The number of hydrogen-bond donors (Lipinski definition) is 1. The Kier molecular flexibility index (Phi) is 5.41. The third-order valence-corrected chi connectivity index (χ3v) is 5.86. The van der Waals surface area contributed by atoms with E-state index in [4.69, 9.17) is 0 Å². The van der Waals surface area contributed by atoms with Crippen LogP contribution >= 0.6 is 0 Å². The number of nitrogens with one attached hydrogen (secondary N) is 1. The highest BCUT2D eigenvalue weighted by molar-refractivity contribution is 7.88. The molecule has 21 heavy (non-hydrogen) atoms. The molecule has 0 bridgehead atoms. The molecule has 0 radical (unpaired) electrons. The molecular formula is C16H26N2O2S. The summed E-state index contributed by atoms with van der Waals surface area (Å²) in [6.07, 6.45) is 1.94. The van der Waals surface area contributed by atoms with Gasteiger partial charge in [0.05, 0.1) is 5.75 Å². The summed E-state index contributed by atoms with van der Waals surface area (Å²) in [6, 6.07) is 8.42. The van der Waals surface area contributed by atoms with E-state index in [-0.39, 0.29) is 11.8 Å². The van der Waals surface area contributed by atoms with Crippen molar-refractivity contribution < 1.29 is 8.42 Å². The van der Waals surface area contributed by atoms with Gasteiger partial charge in [-0.15, -0.1) is 0 Å². The van der Waals surface area contributed by atoms with Crippen LogP contribution in [0.2, 0.25) is 0 Å². The monoisotopic (exact) mass is 310 g/mol. The highest BCUT2D eigenvalue weighted by Gasteiger charge is 2.31. The fourth-order valence-electron chi connectivity index (χ4n) is 2.77. The standard InChI is InChI=1S/C16H26N2O2S/c1-13(2)17-11-15-7-4-8-16(10-15)12-21(19,20)18-9-5-6-14(18)3/h4,7-8,10,13-14,17H,5-6,9,11-12H2,1-3H3. The van der Waals surface area contributed by atoms with Crippen molar-refractivity contribution >= 4 is 10.0 Å². The van der Waals surface area contributed by atoms with Crippen molar-refractivity contribution in [3.05, 3.63) is 35.4 Å². The second-order valence-electron chi connectivity index (χ2n) is 6.21. The van der Waals surface area contributed by atoms with Gasteiger partial charge in [0.2, 0.25) is 10.0 Å². The second kappa shape index (κ2) is 6.90. The van der Waals surface area contributed by atoms with Crippen molar-refractivity contribution in [2.45, 2.75) is 58.0 Å². The molecule has 0 spiro atoms. The maximum Gasteiger partial charge on any atom is 0.218 e. The minimum absolute atomic E-state index is 0.104. The summed E-state index contributed by atoms with van der Waals surface area (Å²) in [5, 5.41) is 3.35. The first-order valence-electron chi connectivity index (χ1n) is 7.69. The molecule has 1 unspecified atom stereocenters. The Morgan fingerprint density at radius 1 is 1.33 bits per heavy atom. The summed E-state index contributed by atoms with van der Waals surface area (Å²) < 4.78 is 26.7. The van der Waals surface area contributed by atoms with Gasteiger partial charge in [0.15, 0.2) is 0 Å². The predicted octanol–water partition coefficient (Wildman–Crippen LogP) is 2.50. The highest BCUT2D eigenvalue weighted by atomic mass is 32.2. The van der Waals surface area contributed by atoms with Crippen LogP contribution in [0.4, 0.5) is 0 Å². The van der Waals surface area contributed by atoms with Gasteiger partial charge >= 0.3 is 0 Å². The van der Waals surface area contributed by atoms with Gasteiger partial charge < -0.3 is 5.32 Å². The van der Waals surface area contributed by atoms with Crippen LogP contribution in [0, 0.1) is 0 Å². The zero-order valence-corrected chi connectivity index (χ0v) is 14.0. The molecule has 1 atom stereocenters. The van der Waals surface area contributed by atoms with Crippen molar-refractivity contribution in [1.29, 1.82) is 0 Å². The molecule has 0 aromatic heterocycles. The van der Waals surface area contributed by atoms with Gasteiger partial charge in [-0.1, -0.05) is 38.1 Å². The fourth-order valence-corrected chi connectivity index (χ4v) is 4.59. The molecule has 1 fully saturated rings. The summed E-state index contributed by atoms with van der Waals surface area (Å²) >= 11 is 0. The van der Waals surface area contributed by atoms with Gasteiger partial charge in [-0.25, -0.2) is 8.42 Å². The molecule has 1 N–H and O–H groups in total. The molecule has 118 valence electrons. The molecule has 0 saturated carbocycles. The van der Waals surface area contributed by atoms with Gasteiger partial charge in [0.1, 0.15) is 0 Å². The Morgan fingerprint density at radius 3 is 2.67 bits per heavy atom. The van der Waals surface area contributed by atoms with E-state index in [0.29, 0.717) is 12.6 Å². The van der Waals surface area contributed by atoms with E-state index in [1.54, 1.807) is 4.31 Å². The molecule has 5 heteroatoms. The average molecular weight is 310 g/mol. The molecular weight excluding hydrogens is 284 g/mol. The van der Waals surface area contributed by atoms with Gasteiger partial charge in [-0.3, -0.25) is 0 Å². The van der Waals surface area contributed by atoms with E-state index in [0.717, 1.165) is 30.5 Å². The number of nitrogens with zero attached hydrogens (tertiary/aromatic N) is 1. The Hall–Kier alpha value is -0.910. The molecule has 0 aliphatic carbocycles. The topological polar surface area (TPSA) is 49.4 Å². The molecule has 1 aromatic rings. The number of hydrogen-bond acceptors (Lipinski definition) is 3. The molecule has 0 amide bonds. The normalized spacial score (nSPS) is 20.3. The largest absolute Gasteiger partial charge is 0.310 e. The number of benzene rings is 1. The molecule has 4 nitrogen and oxygen atoms in total. The SMILES string of the molecule is CC(C)NCc1cccc(CS(=O)(=O)N2CCCC2C)c1. The Morgan fingerprint density at radius 2 is 2.05 bits per heavy atom. The first kappa shape index (κ1) is 16.5. The maximum absolute atomic E-state index is 12.5. The van der Waals surface area contributed by atoms with Gasteiger partial charge in [0, 0.05) is 25.2 Å². The minimum Gasteiger partial charge on any atom is -0.310 e. The summed E-state index contributed by atoms with van der Waals surface area (Å²) in [5.74, 6) is 0.104. The molecule has 1 saturated heterocycles. The minimum atomic E-state index is -3.20. The fraction of sp³-hybridized carbons (Fsp3) is 0.625. The van der Waals surface area contributed by atoms with Crippen molar-refractivity contribution in [3.63, 3.8) is 0 Å². The third-order valence-electron chi connectivity index (χ3n) is 3.90. The number of rotatable bonds is 6.